The first-order chi connectivity index (χ1) is 21.0. The van der Waals surface area contributed by atoms with Crippen molar-refractivity contribution in [1.29, 1.82) is 0 Å². The first kappa shape index (κ1) is 31.3. The van der Waals surface area contributed by atoms with Gasteiger partial charge in [0.15, 0.2) is 0 Å². The van der Waals surface area contributed by atoms with Crippen LogP contribution in [-0.2, 0) is 9.59 Å². The van der Waals surface area contributed by atoms with E-state index in [-0.39, 0.29) is 50.0 Å². The Morgan fingerprint density at radius 3 is 2.16 bits per heavy atom. The Bertz CT molecular complexity index is 1580. The molecule has 9 nitrogen and oxygen atoms in total. The lowest BCUT2D eigenvalue weighted by molar-refractivity contribution is -0.138. The molecule has 230 valence electrons. The van der Waals surface area contributed by atoms with Crippen molar-refractivity contribution in [1.82, 2.24) is 14.7 Å². The fraction of sp³-hybridized carbons (Fsp3) is 0.333. The molecule has 0 bridgehead atoms. The summed E-state index contributed by atoms with van der Waals surface area (Å²) >= 11 is 12.5. The number of hydrogen-bond acceptors (Lipinski definition) is 6. The second-order valence-electron chi connectivity index (χ2n) is 11.1. The van der Waals surface area contributed by atoms with Crippen LogP contribution in [0.4, 0.5) is 4.79 Å². The minimum Gasteiger partial charge on any atom is -0.497 e. The highest BCUT2D eigenvalue weighted by Gasteiger charge is 2.45. The molecule has 1 fully saturated rings. The van der Waals surface area contributed by atoms with Gasteiger partial charge in [-0.05, 0) is 68.3 Å². The standard InChI is InChI=1S/C33H34Cl2N4O5/c1-20(2)44-28-17-26(43-4)13-14-27(28)32-36-30(22-5-9-24(34)10-6-22)31(23-7-11-25(35)12-8-23)39(32)33(42)38-16-15-37(18-21(3)40)29(41)19-38/h5-14,17,20,30-31H,15-16,18-19H2,1-4H3. The highest BCUT2D eigenvalue weighted by atomic mass is 35.5. The van der Waals surface area contributed by atoms with Crippen molar-refractivity contribution < 1.29 is 23.9 Å². The molecule has 0 aliphatic carbocycles. The number of nitrogens with zero attached hydrogens (tertiary/aromatic N) is 4. The highest BCUT2D eigenvalue weighted by molar-refractivity contribution is 6.30. The van der Waals surface area contributed by atoms with Crippen molar-refractivity contribution in [3.63, 3.8) is 0 Å². The summed E-state index contributed by atoms with van der Waals surface area (Å²) in [6.45, 7) is 5.65. The number of piperazine rings is 1. The van der Waals surface area contributed by atoms with E-state index in [4.69, 9.17) is 37.7 Å². The fourth-order valence-corrected chi connectivity index (χ4v) is 5.73. The zero-order valence-electron chi connectivity index (χ0n) is 25.0. The third-order valence-electron chi connectivity index (χ3n) is 7.49. The molecule has 3 amide bonds. The Balaban J connectivity index is 1.65. The van der Waals surface area contributed by atoms with E-state index < -0.39 is 12.1 Å². The monoisotopic (exact) mass is 636 g/mol. The summed E-state index contributed by atoms with van der Waals surface area (Å²) in [5.74, 6) is 1.09. The van der Waals surface area contributed by atoms with Gasteiger partial charge < -0.3 is 19.3 Å². The maximum Gasteiger partial charge on any atom is 0.326 e. The summed E-state index contributed by atoms with van der Waals surface area (Å²) < 4.78 is 11.7. The Kier molecular flexibility index (Phi) is 9.46. The molecule has 3 aromatic rings. The van der Waals surface area contributed by atoms with Crippen LogP contribution in [0.2, 0.25) is 10.0 Å². The van der Waals surface area contributed by atoms with Crippen LogP contribution in [0.15, 0.2) is 71.7 Å². The van der Waals surface area contributed by atoms with Crippen LogP contribution in [0, 0.1) is 0 Å². The van der Waals surface area contributed by atoms with Crippen LogP contribution in [-0.4, -0.2) is 77.6 Å². The molecule has 0 radical (unpaired) electrons. The molecule has 0 saturated carbocycles. The van der Waals surface area contributed by atoms with Gasteiger partial charge in [0.2, 0.25) is 5.91 Å². The third-order valence-corrected chi connectivity index (χ3v) is 7.99. The van der Waals surface area contributed by atoms with Gasteiger partial charge in [-0.1, -0.05) is 47.5 Å². The summed E-state index contributed by atoms with van der Waals surface area (Å²) in [6, 6.07) is 18.6. The zero-order chi connectivity index (χ0) is 31.5. The molecule has 0 spiro atoms. The Morgan fingerprint density at radius 1 is 0.955 bits per heavy atom. The number of halogens is 2. The average molecular weight is 638 g/mol. The molecule has 2 unspecified atom stereocenters. The van der Waals surface area contributed by atoms with E-state index in [1.54, 1.807) is 48.4 Å². The van der Waals surface area contributed by atoms with Crippen LogP contribution in [0.25, 0.3) is 0 Å². The number of benzene rings is 3. The number of urea groups is 1. The second kappa shape index (κ2) is 13.3. The molecular formula is C33H34Cl2N4O5. The van der Waals surface area contributed by atoms with E-state index in [2.05, 4.69) is 0 Å². The largest absolute Gasteiger partial charge is 0.497 e. The number of ketones is 1. The lowest BCUT2D eigenvalue weighted by Gasteiger charge is -2.38. The van der Waals surface area contributed by atoms with Crippen LogP contribution in [0.1, 0.15) is 49.5 Å². The SMILES string of the molecule is COc1ccc(C2=NC(c3ccc(Cl)cc3)C(c3ccc(Cl)cc3)N2C(=O)N2CCN(CC(C)=O)C(=O)C2)c(OC(C)C)c1. The number of aliphatic imine (C=N–C) groups is 1. The first-order valence-corrected chi connectivity index (χ1v) is 15.1. The second-order valence-corrected chi connectivity index (χ2v) is 11.9. The predicted octanol–water partition coefficient (Wildman–Crippen LogP) is 6.19. The minimum absolute atomic E-state index is 0.0189. The molecule has 1 saturated heterocycles. The van der Waals surface area contributed by atoms with Gasteiger partial charge in [-0.2, -0.15) is 0 Å². The van der Waals surface area contributed by atoms with Gasteiger partial charge in [-0.3, -0.25) is 19.5 Å². The van der Waals surface area contributed by atoms with E-state index in [0.29, 0.717) is 32.9 Å². The van der Waals surface area contributed by atoms with E-state index in [9.17, 15) is 14.4 Å². The fourth-order valence-electron chi connectivity index (χ4n) is 5.48. The van der Waals surface area contributed by atoms with Crippen molar-refractivity contribution in [2.24, 2.45) is 4.99 Å². The Labute approximate surface area is 267 Å². The molecule has 2 aliphatic rings. The first-order valence-electron chi connectivity index (χ1n) is 14.3. The minimum atomic E-state index is -0.588. The van der Waals surface area contributed by atoms with Crippen molar-refractivity contribution in [3.8, 4) is 11.5 Å². The molecule has 0 aromatic heterocycles. The van der Waals surface area contributed by atoms with Crippen LogP contribution in [0.5, 0.6) is 11.5 Å². The van der Waals surface area contributed by atoms with Gasteiger partial charge in [0.05, 0.1) is 31.4 Å². The zero-order valence-corrected chi connectivity index (χ0v) is 26.5. The molecular weight excluding hydrogens is 603 g/mol. The number of methoxy groups -OCH3 is 1. The van der Waals surface area contributed by atoms with Crippen LogP contribution >= 0.6 is 23.2 Å². The van der Waals surface area contributed by atoms with E-state index in [0.717, 1.165) is 11.1 Å². The maximum absolute atomic E-state index is 14.6. The van der Waals surface area contributed by atoms with Gasteiger partial charge in [-0.15, -0.1) is 0 Å². The number of amidine groups is 1. The van der Waals surface area contributed by atoms with Gasteiger partial charge in [0.1, 0.15) is 35.7 Å². The van der Waals surface area contributed by atoms with Crippen molar-refractivity contribution in [2.45, 2.75) is 39.0 Å². The Hall–Kier alpha value is -4.08. The van der Waals surface area contributed by atoms with Crippen molar-refractivity contribution in [2.75, 3.05) is 33.3 Å². The normalized spacial score (nSPS) is 18.5. The Morgan fingerprint density at radius 2 is 1.59 bits per heavy atom. The molecule has 2 atom stereocenters. The summed E-state index contributed by atoms with van der Waals surface area (Å²) in [5, 5.41) is 1.14. The summed E-state index contributed by atoms with van der Waals surface area (Å²) in [7, 11) is 1.58. The van der Waals surface area contributed by atoms with Gasteiger partial charge in [0, 0.05) is 29.2 Å². The summed E-state index contributed by atoms with van der Waals surface area (Å²) in [6.07, 6.45) is -0.168. The molecule has 11 heteroatoms. The maximum atomic E-state index is 14.6. The van der Waals surface area contributed by atoms with E-state index in [1.165, 1.54) is 16.7 Å². The number of Topliss-reactive ketones (excluding diaryl/α,β-unsaturated/α-hetero) is 1. The number of amides is 3. The van der Waals surface area contributed by atoms with Gasteiger partial charge >= 0.3 is 6.03 Å². The average Bonchev–Trinajstić information content (AvgIpc) is 3.38. The number of carbonyl (C=O) groups is 3. The van der Waals surface area contributed by atoms with E-state index in [1.807, 2.05) is 44.2 Å². The van der Waals surface area contributed by atoms with Gasteiger partial charge in [0.25, 0.3) is 0 Å². The number of hydrogen-bond donors (Lipinski definition) is 0. The molecule has 5 rings (SSSR count). The smallest absolute Gasteiger partial charge is 0.326 e. The lowest BCUT2D eigenvalue weighted by atomic mass is 9.93. The number of carbonyl (C=O) groups excluding carboxylic acids is 3. The molecule has 2 heterocycles. The molecule has 2 aliphatic heterocycles. The van der Waals surface area contributed by atoms with Crippen molar-refractivity contribution >= 4 is 46.8 Å². The van der Waals surface area contributed by atoms with E-state index >= 15 is 0 Å². The number of rotatable bonds is 8. The highest BCUT2D eigenvalue weighted by Crippen LogP contribution is 2.46. The van der Waals surface area contributed by atoms with Crippen molar-refractivity contribution in [3.05, 3.63) is 93.5 Å². The number of ether oxygens (including phenoxy) is 2. The van der Waals surface area contributed by atoms with Crippen LogP contribution in [0.3, 0.4) is 0 Å². The predicted molar refractivity (Wildman–Crippen MR) is 170 cm³/mol. The lowest BCUT2D eigenvalue weighted by Crippen LogP contribution is -2.57. The molecule has 44 heavy (non-hydrogen) atoms. The quantitative estimate of drug-likeness (QED) is 0.294. The van der Waals surface area contributed by atoms with Gasteiger partial charge in [-0.25, -0.2) is 4.79 Å². The summed E-state index contributed by atoms with van der Waals surface area (Å²) in [5.41, 5.74) is 2.26. The summed E-state index contributed by atoms with van der Waals surface area (Å²) in [4.78, 5) is 49.2. The molecule has 0 N–H and O–H groups in total. The van der Waals surface area contributed by atoms with Crippen LogP contribution < -0.4 is 9.47 Å². The molecule has 3 aromatic carbocycles. The topological polar surface area (TPSA) is 91.8 Å². The third kappa shape index (κ3) is 6.69.